The predicted octanol–water partition coefficient (Wildman–Crippen LogP) is 9.63. The molecule has 12 heteroatoms. The Labute approximate surface area is 295 Å². The van der Waals surface area contributed by atoms with E-state index in [1.165, 1.54) is 19.4 Å². The third-order valence-corrected chi connectivity index (χ3v) is 8.67. The first kappa shape index (κ1) is 41.8. The zero-order chi connectivity index (χ0) is 37.2. The number of carbonyl (C=O) groups excluding carboxylic acids is 3. The van der Waals surface area contributed by atoms with Gasteiger partial charge in [0.2, 0.25) is 0 Å². The predicted molar refractivity (Wildman–Crippen MR) is 190 cm³/mol. The van der Waals surface area contributed by atoms with Gasteiger partial charge >= 0.3 is 0 Å². The minimum atomic E-state index is -0.281. The topological polar surface area (TPSA) is 173 Å². The van der Waals surface area contributed by atoms with Crippen LogP contribution in [-0.4, -0.2) is 48.5 Å². The zero-order valence-corrected chi connectivity index (χ0v) is 30.3. The average molecular weight is 724 g/mol. The molecule has 3 aromatic carbocycles. The number of hydrogen-bond donors (Lipinski definition) is 6. The molecule has 3 rings (SSSR count). The van der Waals surface area contributed by atoms with Crippen molar-refractivity contribution in [2.45, 2.75) is 74.7 Å². The largest absolute Gasteiger partial charge is 0.507 e. The summed E-state index contributed by atoms with van der Waals surface area (Å²) in [5.74, 6) is -1.83. The van der Waals surface area contributed by atoms with Gasteiger partial charge in [0.15, 0.2) is 17.9 Å². The SMILES string of the molecule is CC(=O)c1c(C)c(Cl)c(O)c(C/C=C(\C)CCC=C(C)C)c1O.CC(=O)c1c(O)cc(O)c(Cl)c1C.Cc1c(Cl)c(O)cc(O)c1C=O. The van der Waals surface area contributed by atoms with Crippen molar-refractivity contribution in [2.75, 3.05) is 0 Å². The summed E-state index contributed by atoms with van der Waals surface area (Å²) < 4.78 is 0. The molecule has 0 amide bonds. The lowest BCUT2D eigenvalue weighted by atomic mass is 9.96. The standard InChI is InChI=1S/C19H25ClO3.C9H9ClO3.C8H7ClO3/c1-11(2)7-6-8-12(3)9-10-15-18(22)16(14(5)21)13(4)17(20)19(15)23;1-4-8(5(2)11)6(12)3-7(13)9(4)10;1-4-5(3-10)6(11)2-7(12)8(4)9/h7,9,22-23H,6,8,10H2,1-5H3;3,12-13H,1-2H3;2-3,11-12H,1H3/b12-9+;;. The van der Waals surface area contributed by atoms with Crippen molar-refractivity contribution < 1.29 is 45.0 Å². The first-order valence-corrected chi connectivity index (χ1v) is 15.7. The van der Waals surface area contributed by atoms with Gasteiger partial charge in [-0.3, -0.25) is 14.4 Å². The number of Topliss-reactive ketones (excluding diaryl/α,β-unsaturated/α-hetero) is 2. The van der Waals surface area contributed by atoms with E-state index >= 15 is 0 Å². The molecule has 0 aromatic heterocycles. The van der Waals surface area contributed by atoms with Crippen LogP contribution in [0.3, 0.4) is 0 Å². The molecule has 0 aliphatic carbocycles. The van der Waals surface area contributed by atoms with E-state index in [1.54, 1.807) is 20.8 Å². The number of halogens is 3. The molecule has 3 aromatic rings. The Balaban J connectivity index is 0.000000390. The number of phenols is 6. The summed E-state index contributed by atoms with van der Waals surface area (Å²) >= 11 is 17.4. The van der Waals surface area contributed by atoms with Crippen LogP contribution in [-0.2, 0) is 6.42 Å². The highest BCUT2D eigenvalue weighted by Gasteiger charge is 2.22. The number of ketones is 2. The highest BCUT2D eigenvalue weighted by Crippen LogP contribution is 2.41. The monoisotopic (exact) mass is 722 g/mol. The Morgan fingerprint density at radius 2 is 1.12 bits per heavy atom. The Kier molecular flexibility index (Phi) is 16.0. The summed E-state index contributed by atoms with van der Waals surface area (Å²) in [4.78, 5) is 33.2. The molecule has 260 valence electrons. The summed E-state index contributed by atoms with van der Waals surface area (Å²) in [6.45, 7) is 13.6. The fraction of sp³-hybridized carbons (Fsp3) is 0.306. The quantitative estimate of drug-likeness (QED) is 0.0752. The fourth-order valence-electron chi connectivity index (χ4n) is 4.58. The molecule has 0 aliphatic rings. The van der Waals surface area contributed by atoms with E-state index in [1.807, 2.05) is 13.0 Å². The molecule has 0 saturated heterocycles. The van der Waals surface area contributed by atoms with Gasteiger partial charge in [0.05, 0.1) is 31.8 Å². The van der Waals surface area contributed by atoms with Gasteiger partial charge in [0, 0.05) is 17.7 Å². The van der Waals surface area contributed by atoms with Gasteiger partial charge in [-0.1, -0.05) is 58.1 Å². The number of hydrogen-bond acceptors (Lipinski definition) is 9. The van der Waals surface area contributed by atoms with Crippen molar-refractivity contribution in [1.82, 2.24) is 0 Å². The summed E-state index contributed by atoms with van der Waals surface area (Å²) in [7, 11) is 0. The van der Waals surface area contributed by atoms with Crippen molar-refractivity contribution in [3.63, 3.8) is 0 Å². The minimum Gasteiger partial charge on any atom is -0.507 e. The lowest BCUT2D eigenvalue weighted by Gasteiger charge is -2.14. The molecule has 0 radical (unpaired) electrons. The van der Waals surface area contributed by atoms with Crippen molar-refractivity contribution in [3.05, 3.63) is 89.4 Å². The molecule has 0 atom stereocenters. The van der Waals surface area contributed by atoms with E-state index in [-0.39, 0.29) is 77.8 Å². The number of carbonyl (C=O) groups is 3. The maximum absolute atomic E-state index is 11.7. The van der Waals surface area contributed by atoms with Crippen molar-refractivity contribution in [2.24, 2.45) is 0 Å². The minimum absolute atomic E-state index is 0.0925. The van der Waals surface area contributed by atoms with E-state index in [0.717, 1.165) is 30.5 Å². The van der Waals surface area contributed by atoms with E-state index in [4.69, 9.17) is 45.0 Å². The first-order valence-electron chi connectivity index (χ1n) is 14.6. The third kappa shape index (κ3) is 10.7. The molecule has 0 bridgehead atoms. The average Bonchev–Trinajstić information content (AvgIpc) is 2.98. The maximum atomic E-state index is 11.7. The molecule has 0 spiro atoms. The summed E-state index contributed by atoms with van der Waals surface area (Å²) in [5.41, 5.74) is 4.36. The second-order valence-electron chi connectivity index (χ2n) is 11.3. The Hall–Kier alpha value is -4.18. The maximum Gasteiger partial charge on any atom is 0.163 e. The van der Waals surface area contributed by atoms with Crippen LogP contribution < -0.4 is 0 Å². The third-order valence-electron chi connectivity index (χ3n) is 7.25. The van der Waals surface area contributed by atoms with Gasteiger partial charge in [-0.15, -0.1) is 0 Å². The molecule has 0 fully saturated rings. The first-order chi connectivity index (χ1) is 22.2. The number of rotatable bonds is 8. The van der Waals surface area contributed by atoms with E-state index < -0.39 is 0 Å². The van der Waals surface area contributed by atoms with Crippen LogP contribution in [0, 0.1) is 20.8 Å². The van der Waals surface area contributed by atoms with Crippen LogP contribution in [0.25, 0.3) is 0 Å². The second kappa shape index (κ2) is 18.4. The van der Waals surface area contributed by atoms with E-state index in [2.05, 4.69) is 19.9 Å². The smallest absolute Gasteiger partial charge is 0.163 e. The van der Waals surface area contributed by atoms with Crippen molar-refractivity contribution in [3.8, 4) is 34.5 Å². The molecule has 48 heavy (non-hydrogen) atoms. The Morgan fingerprint density at radius 3 is 1.60 bits per heavy atom. The molecule has 0 aliphatic heterocycles. The fourth-order valence-corrected chi connectivity index (χ4v) is 5.09. The molecule has 0 unspecified atom stereocenters. The van der Waals surface area contributed by atoms with Gasteiger partial charge in [-0.25, -0.2) is 0 Å². The number of benzene rings is 3. The summed E-state index contributed by atoms with van der Waals surface area (Å²) in [6, 6.07) is 2.10. The van der Waals surface area contributed by atoms with Crippen LogP contribution >= 0.6 is 34.8 Å². The normalized spacial score (nSPS) is 10.7. The molecule has 0 heterocycles. The van der Waals surface area contributed by atoms with Crippen LogP contribution in [0.1, 0.15) is 101 Å². The summed E-state index contributed by atoms with van der Waals surface area (Å²) in [5, 5.41) is 57.6. The lowest BCUT2D eigenvalue weighted by molar-refractivity contribution is 0.100. The molecule has 9 nitrogen and oxygen atoms in total. The number of aromatic hydroxyl groups is 6. The Morgan fingerprint density at radius 1 is 0.646 bits per heavy atom. The van der Waals surface area contributed by atoms with E-state index in [0.29, 0.717) is 35.0 Å². The van der Waals surface area contributed by atoms with Gasteiger partial charge in [-0.2, -0.15) is 0 Å². The van der Waals surface area contributed by atoms with Crippen molar-refractivity contribution >= 4 is 52.7 Å². The van der Waals surface area contributed by atoms with Crippen LogP contribution in [0.4, 0.5) is 0 Å². The Bertz CT molecular complexity index is 1770. The van der Waals surface area contributed by atoms with Gasteiger partial charge in [0.1, 0.15) is 34.5 Å². The van der Waals surface area contributed by atoms with Gasteiger partial charge in [0.25, 0.3) is 0 Å². The lowest BCUT2D eigenvalue weighted by Crippen LogP contribution is -2.01. The second-order valence-corrected chi connectivity index (χ2v) is 12.4. The van der Waals surface area contributed by atoms with Gasteiger partial charge in [-0.05, 0) is 91.3 Å². The summed E-state index contributed by atoms with van der Waals surface area (Å²) in [6.07, 6.45) is 6.81. The number of allylic oxidation sites excluding steroid dienone is 4. The molecule has 6 N–H and O–H groups in total. The zero-order valence-electron chi connectivity index (χ0n) is 28.0. The highest BCUT2D eigenvalue weighted by molar-refractivity contribution is 6.34. The number of aldehydes is 1. The van der Waals surface area contributed by atoms with E-state index in [9.17, 15) is 34.8 Å². The molecular formula is C36H41Cl3O9. The molecular weight excluding hydrogens is 683 g/mol. The van der Waals surface area contributed by atoms with Crippen molar-refractivity contribution in [1.29, 1.82) is 0 Å². The van der Waals surface area contributed by atoms with Crippen LogP contribution in [0.2, 0.25) is 15.1 Å². The van der Waals surface area contributed by atoms with Gasteiger partial charge < -0.3 is 30.6 Å². The molecule has 0 saturated carbocycles. The van der Waals surface area contributed by atoms with Crippen LogP contribution in [0.5, 0.6) is 34.5 Å². The van der Waals surface area contributed by atoms with Crippen LogP contribution in [0.15, 0.2) is 35.4 Å². The highest BCUT2D eigenvalue weighted by atomic mass is 35.5. The number of phenolic OH excluding ortho intramolecular Hbond substituents is 6.